The smallest absolute Gasteiger partial charge is 0.261 e. The van der Waals surface area contributed by atoms with Crippen molar-refractivity contribution in [3.8, 4) is 0 Å². The van der Waals surface area contributed by atoms with Gasteiger partial charge in [-0.3, -0.25) is 9.52 Å². The van der Waals surface area contributed by atoms with Gasteiger partial charge in [0, 0.05) is 23.7 Å². The third kappa shape index (κ3) is 7.06. The van der Waals surface area contributed by atoms with Crippen LogP contribution in [0, 0.1) is 11.6 Å². The molecule has 0 saturated heterocycles. The minimum absolute atomic E-state index is 0.0461. The molecule has 0 radical (unpaired) electrons. The molecule has 3 aromatic rings. The van der Waals surface area contributed by atoms with E-state index in [0.717, 1.165) is 17.7 Å². The van der Waals surface area contributed by atoms with Crippen LogP contribution in [-0.4, -0.2) is 26.6 Å². The van der Waals surface area contributed by atoms with Crippen LogP contribution in [0.4, 0.5) is 14.5 Å². The largest absolute Gasteiger partial charge is 0.355 e. The van der Waals surface area contributed by atoms with Crippen molar-refractivity contribution in [1.29, 1.82) is 0 Å². The van der Waals surface area contributed by atoms with Gasteiger partial charge in [0.25, 0.3) is 10.0 Å². The second-order valence-electron chi connectivity index (χ2n) is 6.93. The number of carbonyl (C=O) groups is 1. The molecule has 0 aliphatic rings. The number of benzene rings is 3. The fourth-order valence-electron chi connectivity index (χ4n) is 2.83. The molecule has 0 spiro atoms. The van der Waals surface area contributed by atoms with Crippen LogP contribution in [0.5, 0.6) is 0 Å². The molecule has 0 aromatic heterocycles. The molecule has 32 heavy (non-hydrogen) atoms. The first-order chi connectivity index (χ1) is 15.3. The van der Waals surface area contributed by atoms with Crippen LogP contribution in [0.15, 0.2) is 77.7 Å². The zero-order chi connectivity index (χ0) is 23.0. The van der Waals surface area contributed by atoms with E-state index in [9.17, 15) is 22.0 Å². The predicted octanol–water partition coefficient (Wildman–Crippen LogP) is 4.36. The number of hydrogen-bond acceptors (Lipinski definition) is 4. The molecule has 3 rings (SSSR count). The molecule has 5 nitrogen and oxygen atoms in total. The first-order valence-corrected chi connectivity index (χ1v) is 12.4. The monoisotopic (exact) mass is 476 g/mol. The third-order valence-electron chi connectivity index (χ3n) is 4.48. The average Bonchev–Trinajstić information content (AvgIpc) is 2.76. The fourth-order valence-corrected chi connectivity index (χ4v) is 4.73. The predicted molar refractivity (Wildman–Crippen MR) is 123 cm³/mol. The Kier molecular flexibility index (Phi) is 8.24. The number of rotatable bonds is 10. The highest BCUT2D eigenvalue weighted by Crippen LogP contribution is 2.18. The normalized spacial score (nSPS) is 11.2. The maximum absolute atomic E-state index is 13.6. The van der Waals surface area contributed by atoms with E-state index < -0.39 is 15.8 Å². The van der Waals surface area contributed by atoms with E-state index in [1.807, 2.05) is 0 Å². The Bertz CT molecular complexity index is 1150. The van der Waals surface area contributed by atoms with Gasteiger partial charge >= 0.3 is 0 Å². The number of amides is 1. The van der Waals surface area contributed by atoms with Crippen LogP contribution in [0.1, 0.15) is 11.1 Å². The lowest BCUT2D eigenvalue weighted by atomic mass is 10.1. The van der Waals surface area contributed by atoms with Crippen LogP contribution >= 0.6 is 11.8 Å². The van der Waals surface area contributed by atoms with E-state index in [1.54, 1.807) is 42.5 Å². The molecule has 0 unspecified atom stereocenters. The van der Waals surface area contributed by atoms with Gasteiger partial charge in [-0.1, -0.05) is 30.3 Å². The van der Waals surface area contributed by atoms with Crippen LogP contribution in [0.3, 0.4) is 0 Å². The molecular weight excluding hydrogens is 454 g/mol. The Morgan fingerprint density at radius 1 is 0.906 bits per heavy atom. The van der Waals surface area contributed by atoms with Crippen LogP contribution in [-0.2, 0) is 27.0 Å². The number of carbonyl (C=O) groups excluding carboxylic acids is 1. The minimum atomic E-state index is -3.83. The van der Waals surface area contributed by atoms with Gasteiger partial charge in [-0.15, -0.1) is 0 Å². The van der Waals surface area contributed by atoms with Gasteiger partial charge in [-0.2, -0.15) is 11.8 Å². The molecule has 1 amide bonds. The van der Waals surface area contributed by atoms with E-state index >= 15 is 0 Å². The summed E-state index contributed by atoms with van der Waals surface area (Å²) in [6.07, 6.45) is 0.156. The summed E-state index contributed by atoms with van der Waals surface area (Å²) in [6, 6.07) is 17.6. The van der Waals surface area contributed by atoms with Crippen LogP contribution in [0.2, 0.25) is 0 Å². The number of hydrogen-bond donors (Lipinski definition) is 2. The number of thioether (sulfide) groups is 1. The second kappa shape index (κ2) is 11.1. The molecule has 0 fully saturated rings. The minimum Gasteiger partial charge on any atom is -0.355 e. The van der Waals surface area contributed by atoms with Gasteiger partial charge in [0.05, 0.1) is 11.3 Å². The summed E-state index contributed by atoms with van der Waals surface area (Å²) in [4.78, 5) is 12.1. The molecule has 9 heteroatoms. The Hall–Kier alpha value is -2.91. The summed E-state index contributed by atoms with van der Waals surface area (Å²) in [5, 5.41) is 2.82. The Labute approximate surface area is 190 Å². The highest BCUT2D eigenvalue weighted by molar-refractivity contribution is 7.98. The first kappa shape index (κ1) is 23.7. The molecule has 3 aromatic carbocycles. The molecule has 0 bridgehead atoms. The highest BCUT2D eigenvalue weighted by atomic mass is 32.2. The molecule has 0 heterocycles. The molecule has 0 saturated carbocycles. The summed E-state index contributed by atoms with van der Waals surface area (Å²) >= 11 is 1.53. The van der Waals surface area contributed by atoms with Crippen LogP contribution < -0.4 is 10.0 Å². The van der Waals surface area contributed by atoms with Crippen molar-refractivity contribution in [3.63, 3.8) is 0 Å². The van der Waals surface area contributed by atoms with E-state index in [2.05, 4.69) is 10.0 Å². The van der Waals surface area contributed by atoms with Crippen molar-refractivity contribution in [2.75, 3.05) is 17.0 Å². The molecule has 0 aliphatic carbocycles. The number of anilines is 1. The Morgan fingerprint density at radius 2 is 1.59 bits per heavy atom. The number of sulfonamides is 1. The van der Waals surface area contributed by atoms with Crippen molar-refractivity contribution >= 4 is 33.4 Å². The molecule has 0 aliphatic heterocycles. The lowest BCUT2D eigenvalue weighted by Gasteiger charge is -2.09. The summed E-state index contributed by atoms with van der Waals surface area (Å²) in [5.74, 6) is 0.293. The fraction of sp³-hybridized carbons (Fsp3) is 0.174. The highest BCUT2D eigenvalue weighted by Gasteiger charge is 2.14. The van der Waals surface area contributed by atoms with Crippen molar-refractivity contribution in [2.45, 2.75) is 17.1 Å². The van der Waals surface area contributed by atoms with Gasteiger partial charge in [0.1, 0.15) is 11.6 Å². The molecule has 168 valence electrons. The van der Waals surface area contributed by atoms with Gasteiger partial charge in [0.2, 0.25) is 5.91 Å². The van der Waals surface area contributed by atoms with Gasteiger partial charge < -0.3 is 5.32 Å². The van der Waals surface area contributed by atoms with Crippen LogP contribution in [0.25, 0.3) is 0 Å². The summed E-state index contributed by atoms with van der Waals surface area (Å²) < 4.78 is 53.6. The zero-order valence-electron chi connectivity index (χ0n) is 17.1. The molecular formula is C23H22F2N2O3S2. The summed E-state index contributed by atoms with van der Waals surface area (Å²) in [6.45, 7) is 0.466. The first-order valence-electron chi connectivity index (χ1n) is 9.79. The lowest BCUT2D eigenvalue weighted by Crippen LogP contribution is -2.27. The van der Waals surface area contributed by atoms with Crippen molar-refractivity contribution in [1.82, 2.24) is 5.32 Å². The van der Waals surface area contributed by atoms with Crippen molar-refractivity contribution in [3.05, 3.63) is 95.6 Å². The third-order valence-corrected chi connectivity index (χ3v) is 6.88. The van der Waals surface area contributed by atoms with Gasteiger partial charge in [0.15, 0.2) is 0 Å². The van der Waals surface area contributed by atoms with Gasteiger partial charge in [-0.25, -0.2) is 17.2 Å². The maximum atomic E-state index is 13.6. The van der Waals surface area contributed by atoms with E-state index in [0.29, 0.717) is 29.3 Å². The van der Waals surface area contributed by atoms with E-state index in [4.69, 9.17) is 0 Å². The number of halogens is 2. The van der Waals surface area contributed by atoms with Crippen molar-refractivity contribution in [2.24, 2.45) is 0 Å². The summed E-state index contributed by atoms with van der Waals surface area (Å²) in [5.41, 5.74) is 1.70. The maximum Gasteiger partial charge on any atom is 0.261 e. The topological polar surface area (TPSA) is 75.3 Å². The molecule has 2 N–H and O–H groups in total. The Morgan fingerprint density at radius 3 is 2.28 bits per heavy atom. The quantitative estimate of drug-likeness (QED) is 0.427. The Balaban J connectivity index is 1.42. The van der Waals surface area contributed by atoms with Gasteiger partial charge in [-0.05, 0) is 53.6 Å². The standard InChI is InChI=1S/C23H22F2N2O3S2/c24-19-7-11-21(12-8-19)32(29,30)27-20-9-5-17(6-10-20)15-23(28)26-13-14-31-16-18-3-1-2-4-22(18)25/h1-12,27H,13-16H2,(H,26,28). The summed E-state index contributed by atoms with van der Waals surface area (Å²) in [7, 11) is -3.83. The van der Waals surface area contributed by atoms with E-state index in [1.165, 1.54) is 30.0 Å². The average molecular weight is 477 g/mol. The lowest BCUT2D eigenvalue weighted by molar-refractivity contribution is -0.120. The number of nitrogens with one attached hydrogen (secondary N) is 2. The molecule has 0 atom stereocenters. The van der Waals surface area contributed by atoms with Crippen molar-refractivity contribution < 1.29 is 22.0 Å². The van der Waals surface area contributed by atoms with E-state index in [-0.39, 0.29) is 23.0 Å². The second-order valence-corrected chi connectivity index (χ2v) is 9.71. The zero-order valence-corrected chi connectivity index (χ0v) is 18.7. The SMILES string of the molecule is O=C(Cc1ccc(NS(=O)(=O)c2ccc(F)cc2)cc1)NCCSCc1ccccc1F.